The molecule has 2 heterocycles. The molecular weight excluding hydrogens is 218 g/mol. The second-order valence-corrected chi connectivity index (χ2v) is 5.14. The minimum absolute atomic E-state index is 0.602. The molecule has 1 saturated carbocycles. The van der Waals surface area contributed by atoms with Gasteiger partial charge in [0.05, 0.1) is 16.3 Å². The Balaban J connectivity index is 2.06. The second-order valence-electron chi connectivity index (χ2n) is 4.11. The Morgan fingerprint density at radius 2 is 2.19 bits per heavy atom. The molecule has 1 aliphatic rings. The van der Waals surface area contributed by atoms with Crippen molar-refractivity contribution in [3.63, 3.8) is 0 Å². The molecule has 82 valence electrons. The molecule has 1 aliphatic carbocycles. The Hall–Kier alpha value is -1.42. The van der Waals surface area contributed by atoms with Gasteiger partial charge in [-0.3, -0.25) is 4.98 Å². The second kappa shape index (κ2) is 3.87. The fourth-order valence-electron chi connectivity index (χ4n) is 1.99. The fourth-order valence-corrected chi connectivity index (χ4v) is 2.88. The molecule has 0 spiro atoms. The van der Waals surface area contributed by atoms with E-state index in [1.807, 2.05) is 24.4 Å². The van der Waals surface area contributed by atoms with Crippen LogP contribution in [0.15, 0.2) is 24.4 Å². The van der Waals surface area contributed by atoms with Crippen molar-refractivity contribution >= 4 is 16.5 Å². The maximum absolute atomic E-state index is 5.81. The molecule has 0 unspecified atom stereocenters. The molecule has 2 aromatic heterocycles. The van der Waals surface area contributed by atoms with Crippen LogP contribution >= 0.6 is 11.3 Å². The molecule has 1 fully saturated rings. The van der Waals surface area contributed by atoms with Gasteiger partial charge in [0.2, 0.25) is 0 Å². The normalized spacial score (nSPS) is 16.0. The number of hydrogen-bond donors (Lipinski definition) is 1. The molecule has 0 radical (unpaired) electrons. The highest BCUT2D eigenvalue weighted by molar-refractivity contribution is 7.18. The molecular formula is C12H13N3S. The first-order chi connectivity index (χ1) is 7.84. The van der Waals surface area contributed by atoms with E-state index in [1.54, 1.807) is 11.3 Å². The fraction of sp³-hybridized carbons (Fsp3) is 0.333. The Kier molecular flexibility index (Phi) is 2.36. The van der Waals surface area contributed by atoms with Crippen molar-refractivity contribution in [2.45, 2.75) is 25.2 Å². The standard InChI is InChI=1S/C12H13N3S/c13-12-15-10(8-4-3-5-8)11(16-12)9-6-1-2-7-14-9/h1-2,6-8H,3-5H2,(H2,13,15). The van der Waals surface area contributed by atoms with E-state index in [9.17, 15) is 0 Å². The highest BCUT2D eigenvalue weighted by atomic mass is 32.1. The largest absolute Gasteiger partial charge is 0.375 e. The third-order valence-electron chi connectivity index (χ3n) is 3.06. The maximum Gasteiger partial charge on any atom is 0.180 e. The van der Waals surface area contributed by atoms with Crippen LogP contribution in [0.3, 0.4) is 0 Å². The van der Waals surface area contributed by atoms with Crippen molar-refractivity contribution < 1.29 is 0 Å². The van der Waals surface area contributed by atoms with Crippen LogP contribution in [-0.4, -0.2) is 9.97 Å². The summed E-state index contributed by atoms with van der Waals surface area (Å²) in [6.07, 6.45) is 5.60. The molecule has 3 rings (SSSR count). The number of nitrogens with zero attached hydrogens (tertiary/aromatic N) is 2. The highest BCUT2D eigenvalue weighted by Crippen LogP contribution is 2.43. The summed E-state index contributed by atoms with van der Waals surface area (Å²) >= 11 is 1.55. The molecule has 2 N–H and O–H groups in total. The number of aromatic nitrogens is 2. The van der Waals surface area contributed by atoms with Gasteiger partial charge in [-0.05, 0) is 25.0 Å². The van der Waals surface area contributed by atoms with Gasteiger partial charge in [0.1, 0.15) is 0 Å². The van der Waals surface area contributed by atoms with Gasteiger partial charge >= 0.3 is 0 Å². The number of thiazole rings is 1. The van der Waals surface area contributed by atoms with Gasteiger partial charge in [0.25, 0.3) is 0 Å². The van der Waals surface area contributed by atoms with Crippen LogP contribution in [-0.2, 0) is 0 Å². The van der Waals surface area contributed by atoms with Crippen molar-refractivity contribution in [3.05, 3.63) is 30.1 Å². The lowest BCUT2D eigenvalue weighted by Gasteiger charge is -2.24. The van der Waals surface area contributed by atoms with Crippen LogP contribution in [0.1, 0.15) is 30.9 Å². The lowest BCUT2D eigenvalue weighted by Crippen LogP contribution is -2.10. The predicted octanol–water partition coefficient (Wildman–Crippen LogP) is 3.05. The average Bonchev–Trinajstić information content (AvgIpc) is 2.59. The summed E-state index contributed by atoms with van der Waals surface area (Å²) in [7, 11) is 0. The SMILES string of the molecule is Nc1nc(C2CCC2)c(-c2ccccn2)s1. The molecule has 2 aromatic rings. The first-order valence-electron chi connectivity index (χ1n) is 5.52. The number of nitrogens with two attached hydrogens (primary N) is 1. The van der Waals surface area contributed by atoms with E-state index in [2.05, 4.69) is 9.97 Å². The average molecular weight is 231 g/mol. The summed E-state index contributed by atoms with van der Waals surface area (Å²) in [6.45, 7) is 0. The first-order valence-corrected chi connectivity index (χ1v) is 6.34. The number of rotatable bonds is 2. The smallest absolute Gasteiger partial charge is 0.180 e. The highest BCUT2D eigenvalue weighted by Gasteiger charge is 2.26. The molecule has 3 nitrogen and oxygen atoms in total. The number of nitrogen functional groups attached to an aromatic ring is 1. The van der Waals surface area contributed by atoms with Crippen LogP contribution < -0.4 is 5.73 Å². The zero-order chi connectivity index (χ0) is 11.0. The lowest BCUT2D eigenvalue weighted by molar-refractivity contribution is 0.413. The van der Waals surface area contributed by atoms with Crippen LogP contribution in [0.5, 0.6) is 0 Å². The van der Waals surface area contributed by atoms with Crippen LogP contribution in [0.4, 0.5) is 5.13 Å². The van der Waals surface area contributed by atoms with Gasteiger partial charge < -0.3 is 5.73 Å². The Morgan fingerprint density at radius 1 is 1.31 bits per heavy atom. The third kappa shape index (κ3) is 1.59. The zero-order valence-corrected chi connectivity index (χ0v) is 9.70. The minimum atomic E-state index is 0.602. The minimum Gasteiger partial charge on any atom is -0.375 e. The van der Waals surface area contributed by atoms with Gasteiger partial charge in [-0.2, -0.15) is 0 Å². The number of pyridine rings is 1. The van der Waals surface area contributed by atoms with Gasteiger partial charge in [0, 0.05) is 12.1 Å². The van der Waals surface area contributed by atoms with E-state index in [4.69, 9.17) is 5.73 Å². The topological polar surface area (TPSA) is 51.8 Å². The van der Waals surface area contributed by atoms with E-state index in [1.165, 1.54) is 19.3 Å². The summed E-state index contributed by atoms with van der Waals surface area (Å²) in [4.78, 5) is 10.00. The molecule has 0 atom stereocenters. The zero-order valence-electron chi connectivity index (χ0n) is 8.89. The lowest BCUT2D eigenvalue weighted by atomic mass is 9.82. The summed E-state index contributed by atoms with van der Waals surface area (Å²) in [5, 5.41) is 0.655. The molecule has 16 heavy (non-hydrogen) atoms. The monoisotopic (exact) mass is 231 g/mol. The molecule has 0 bridgehead atoms. The summed E-state index contributed by atoms with van der Waals surface area (Å²) < 4.78 is 0. The van der Waals surface area contributed by atoms with E-state index in [0.717, 1.165) is 16.3 Å². The van der Waals surface area contributed by atoms with E-state index in [0.29, 0.717) is 11.0 Å². The molecule has 0 aromatic carbocycles. The van der Waals surface area contributed by atoms with Crippen molar-refractivity contribution in [1.29, 1.82) is 0 Å². The quantitative estimate of drug-likeness (QED) is 0.864. The first kappa shape index (κ1) is 9.78. The van der Waals surface area contributed by atoms with Gasteiger partial charge in [0.15, 0.2) is 5.13 Å². The molecule has 0 aliphatic heterocycles. The molecule has 4 heteroatoms. The number of hydrogen-bond acceptors (Lipinski definition) is 4. The summed E-state index contributed by atoms with van der Waals surface area (Å²) in [5.74, 6) is 0.602. The molecule has 0 saturated heterocycles. The van der Waals surface area contributed by atoms with Crippen molar-refractivity contribution in [3.8, 4) is 10.6 Å². The number of anilines is 1. The maximum atomic E-state index is 5.81. The summed E-state index contributed by atoms with van der Waals surface area (Å²) in [5.41, 5.74) is 7.97. The van der Waals surface area contributed by atoms with Crippen molar-refractivity contribution in [2.75, 3.05) is 5.73 Å². The van der Waals surface area contributed by atoms with E-state index >= 15 is 0 Å². The molecule has 0 amide bonds. The predicted molar refractivity (Wildman–Crippen MR) is 66.3 cm³/mol. The Labute approximate surface area is 98.4 Å². The van der Waals surface area contributed by atoms with E-state index < -0.39 is 0 Å². The van der Waals surface area contributed by atoms with Crippen molar-refractivity contribution in [1.82, 2.24) is 9.97 Å². The van der Waals surface area contributed by atoms with Crippen LogP contribution in [0.2, 0.25) is 0 Å². The summed E-state index contributed by atoms with van der Waals surface area (Å²) in [6, 6.07) is 5.95. The van der Waals surface area contributed by atoms with Gasteiger partial charge in [-0.25, -0.2) is 4.98 Å². The van der Waals surface area contributed by atoms with Crippen LogP contribution in [0, 0.1) is 0 Å². The van der Waals surface area contributed by atoms with Crippen LogP contribution in [0.25, 0.3) is 10.6 Å². The van der Waals surface area contributed by atoms with E-state index in [-0.39, 0.29) is 0 Å². The van der Waals surface area contributed by atoms with Gasteiger partial charge in [-0.15, -0.1) is 0 Å². The van der Waals surface area contributed by atoms with Crippen molar-refractivity contribution in [2.24, 2.45) is 0 Å². The Morgan fingerprint density at radius 3 is 2.81 bits per heavy atom. The van der Waals surface area contributed by atoms with Gasteiger partial charge in [-0.1, -0.05) is 23.8 Å². The third-order valence-corrected chi connectivity index (χ3v) is 3.98. The Bertz CT molecular complexity index is 488.